The number of nitrogens with one attached hydrogen (secondary N) is 2. The molecule has 10 heteroatoms. The minimum absolute atomic E-state index is 0. The second kappa shape index (κ2) is 6.15. The largest absolute Gasteiger partial charge is 0.493 e. The van der Waals surface area contributed by atoms with Crippen LogP contribution in [-0.4, -0.2) is 31.4 Å². The van der Waals surface area contributed by atoms with Crippen molar-refractivity contribution in [2.75, 3.05) is 0 Å². The Morgan fingerprint density at radius 2 is 1.85 bits per heavy atom. The number of aromatic nitrogens is 3. The number of nitrogens with zero attached hydrogens (tertiary/aromatic N) is 3. The van der Waals surface area contributed by atoms with E-state index in [-0.39, 0.29) is 11.0 Å². The number of rotatable bonds is 2. The smallest absolute Gasteiger partial charge is 0.328 e. The van der Waals surface area contributed by atoms with E-state index in [0.717, 1.165) is 0 Å². The summed E-state index contributed by atoms with van der Waals surface area (Å²) >= 11 is 0. The number of aromatic amines is 2. The molecule has 0 bridgehead atoms. The highest BCUT2D eigenvalue weighted by Crippen LogP contribution is 2.16. The van der Waals surface area contributed by atoms with Gasteiger partial charge in [0.2, 0.25) is 11.6 Å². The standard InChI is InChI=1S/C10H7N5O4.H2O/c16-7(5-1-3-11-4-2-5)15-14-6-8(17)12-10(19)13-9(6)18;/h1-4H,(H3,12,13,17,18,19);1H2. The quantitative estimate of drug-likeness (QED) is 0.613. The molecule has 5 N–H and O–H groups in total. The first-order valence-electron chi connectivity index (χ1n) is 4.99. The number of azo groups is 1. The third-order valence-corrected chi connectivity index (χ3v) is 2.07. The fraction of sp³-hybridized carbons (Fsp3) is 0. The monoisotopic (exact) mass is 279 g/mol. The van der Waals surface area contributed by atoms with Crippen molar-refractivity contribution in [3.05, 3.63) is 50.9 Å². The van der Waals surface area contributed by atoms with Gasteiger partial charge in [-0.3, -0.25) is 24.5 Å². The maximum absolute atomic E-state index is 11.6. The summed E-state index contributed by atoms with van der Waals surface area (Å²) in [5.41, 5.74) is -2.17. The van der Waals surface area contributed by atoms with E-state index in [1.54, 1.807) is 0 Å². The molecule has 1 amide bonds. The van der Waals surface area contributed by atoms with Crippen LogP contribution in [0.5, 0.6) is 5.88 Å². The van der Waals surface area contributed by atoms with Gasteiger partial charge >= 0.3 is 5.69 Å². The summed E-state index contributed by atoms with van der Waals surface area (Å²) in [4.78, 5) is 41.1. The van der Waals surface area contributed by atoms with Gasteiger partial charge in [0.1, 0.15) is 0 Å². The van der Waals surface area contributed by atoms with Crippen LogP contribution in [-0.2, 0) is 0 Å². The summed E-state index contributed by atoms with van der Waals surface area (Å²) in [6, 6.07) is 2.83. The maximum Gasteiger partial charge on any atom is 0.328 e. The lowest BCUT2D eigenvalue weighted by atomic mass is 10.3. The Balaban J connectivity index is 0.00000200. The second-order valence-corrected chi connectivity index (χ2v) is 3.35. The van der Waals surface area contributed by atoms with Crippen LogP contribution >= 0.6 is 0 Å². The van der Waals surface area contributed by atoms with Crippen LogP contribution in [0.3, 0.4) is 0 Å². The highest BCUT2D eigenvalue weighted by Gasteiger charge is 2.09. The Kier molecular flexibility index (Phi) is 4.59. The first-order valence-corrected chi connectivity index (χ1v) is 4.99. The topological polar surface area (TPSA) is 172 Å². The molecule has 0 aromatic carbocycles. The molecule has 0 aliphatic heterocycles. The molecule has 0 aliphatic rings. The van der Waals surface area contributed by atoms with Gasteiger partial charge in [0, 0.05) is 18.0 Å². The van der Waals surface area contributed by atoms with Gasteiger partial charge in [-0.25, -0.2) is 4.79 Å². The fourth-order valence-corrected chi connectivity index (χ4v) is 1.21. The van der Waals surface area contributed by atoms with E-state index in [2.05, 4.69) is 15.2 Å². The molecular formula is C10H9N5O5. The van der Waals surface area contributed by atoms with Crippen LogP contribution in [0.25, 0.3) is 0 Å². The lowest BCUT2D eigenvalue weighted by molar-refractivity contribution is 0.0995. The van der Waals surface area contributed by atoms with Gasteiger partial charge in [-0.15, -0.1) is 10.2 Å². The van der Waals surface area contributed by atoms with Crippen molar-refractivity contribution >= 4 is 11.6 Å². The summed E-state index contributed by atoms with van der Waals surface area (Å²) in [6.07, 6.45) is 2.79. The van der Waals surface area contributed by atoms with E-state index in [0.29, 0.717) is 0 Å². The van der Waals surface area contributed by atoms with Gasteiger partial charge in [0.05, 0.1) is 0 Å². The van der Waals surface area contributed by atoms with Crippen molar-refractivity contribution in [1.82, 2.24) is 15.0 Å². The Bertz CT molecular complexity index is 749. The van der Waals surface area contributed by atoms with Crippen LogP contribution in [0.2, 0.25) is 0 Å². The lowest BCUT2D eigenvalue weighted by Crippen LogP contribution is -2.21. The molecule has 104 valence electrons. The highest BCUT2D eigenvalue weighted by molar-refractivity contribution is 5.94. The first kappa shape index (κ1) is 14.9. The summed E-state index contributed by atoms with van der Waals surface area (Å²) in [7, 11) is 0. The zero-order valence-corrected chi connectivity index (χ0v) is 9.82. The number of carbonyl (C=O) groups excluding carboxylic acids is 1. The molecule has 20 heavy (non-hydrogen) atoms. The molecule has 0 radical (unpaired) electrons. The molecule has 0 atom stereocenters. The Morgan fingerprint density at radius 1 is 1.20 bits per heavy atom. The van der Waals surface area contributed by atoms with Crippen molar-refractivity contribution in [2.24, 2.45) is 10.2 Å². The van der Waals surface area contributed by atoms with Crippen LogP contribution in [0.1, 0.15) is 10.4 Å². The molecule has 2 rings (SSSR count). The summed E-state index contributed by atoms with van der Waals surface area (Å²) in [5, 5.41) is 15.9. The summed E-state index contributed by atoms with van der Waals surface area (Å²) in [5.74, 6) is -1.48. The molecule has 0 spiro atoms. The first-order chi connectivity index (χ1) is 9.08. The van der Waals surface area contributed by atoms with E-state index < -0.39 is 28.7 Å². The fourth-order valence-electron chi connectivity index (χ4n) is 1.21. The van der Waals surface area contributed by atoms with E-state index in [1.807, 2.05) is 9.97 Å². The van der Waals surface area contributed by atoms with Gasteiger partial charge in [-0.05, 0) is 12.1 Å². The molecule has 10 nitrogen and oxygen atoms in total. The van der Waals surface area contributed by atoms with Crippen molar-refractivity contribution in [1.29, 1.82) is 0 Å². The average Bonchev–Trinajstić information content (AvgIpc) is 2.38. The summed E-state index contributed by atoms with van der Waals surface area (Å²) in [6.45, 7) is 0. The molecule has 0 fully saturated rings. The lowest BCUT2D eigenvalue weighted by Gasteiger charge is -1.95. The predicted octanol–water partition coefficient (Wildman–Crippen LogP) is -0.737. The zero-order valence-electron chi connectivity index (χ0n) is 9.82. The van der Waals surface area contributed by atoms with E-state index in [1.165, 1.54) is 24.5 Å². The molecule has 0 unspecified atom stereocenters. The third kappa shape index (κ3) is 3.20. The van der Waals surface area contributed by atoms with E-state index in [9.17, 15) is 19.5 Å². The molecule has 2 heterocycles. The van der Waals surface area contributed by atoms with Crippen molar-refractivity contribution in [3.8, 4) is 5.88 Å². The van der Waals surface area contributed by atoms with E-state index in [4.69, 9.17) is 0 Å². The van der Waals surface area contributed by atoms with Crippen LogP contribution in [0, 0.1) is 0 Å². The number of hydrogen-bond donors (Lipinski definition) is 3. The minimum atomic E-state index is -0.951. The molecule has 0 saturated heterocycles. The SMILES string of the molecule is O.O=C(N=Nc1c(O)[nH]c(=O)[nH]c1=O)c1ccncc1. The number of hydrogen-bond acceptors (Lipinski definition) is 6. The Morgan fingerprint density at radius 3 is 2.45 bits per heavy atom. The number of carbonyl (C=O) groups is 1. The maximum atomic E-state index is 11.6. The van der Waals surface area contributed by atoms with Gasteiger partial charge in [0.25, 0.3) is 11.5 Å². The normalized spacial score (nSPS) is 10.2. The minimum Gasteiger partial charge on any atom is -0.493 e. The molecule has 2 aromatic heterocycles. The average molecular weight is 279 g/mol. The van der Waals surface area contributed by atoms with Crippen LogP contribution < -0.4 is 11.2 Å². The number of amides is 1. The van der Waals surface area contributed by atoms with Crippen molar-refractivity contribution < 1.29 is 15.4 Å². The third-order valence-electron chi connectivity index (χ3n) is 2.07. The second-order valence-electron chi connectivity index (χ2n) is 3.35. The zero-order chi connectivity index (χ0) is 13.8. The Labute approximate surface area is 110 Å². The van der Waals surface area contributed by atoms with Gasteiger partial charge in [-0.2, -0.15) is 0 Å². The van der Waals surface area contributed by atoms with Crippen LogP contribution in [0.15, 0.2) is 44.3 Å². The van der Waals surface area contributed by atoms with Crippen molar-refractivity contribution in [3.63, 3.8) is 0 Å². The van der Waals surface area contributed by atoms with Gasteiger partial charge < -0.3 is 10.6 Å². The predicted molar refractivity (Wildman–Crippen MR) is 66.0 cm³/mol. The number of H-pyrrole nitrogens is 2. The molecular weight excluding hydrogens is 270 g/mol. The highest BCUT2D eigenvalue weighted by atomic mass is 16.3. The van der Waals surface area contributed by atoms with Gasteiger partial charge in [-0.1, -0.05) is 0 Å². The van der Waals surface area contributed by atoms with Crippen molar-refractivity contribution in [2.45, 2.75) is 0 Å². The Hall–Kier alpha value is -3.14. The number of aromatic hydroxyl groups is 1. The molecule has 2 aromatic rings. The summed E-state index contributed by atoms with van der Waals surface area (Å²) < 4.78 is 0. The van der Waals surface area contributed by atoms with Crippen LogP contribution in [0.4, 0.5) is 5.69 Å². The number of pyridine rings is 1. The van der Waals surface area contributed by atoms with E-state index >= 15 is 0 Å². The molecule has 0 saturated carbocycles. The molecule has 0 aliphatic carbocycles. The van der Waals surface area contributed by atoms with Gasteiger partial charge in [0.15, 0.2) is 0 Å².